The molecule has 0 radical (unpaired) electrons. The Labute approximate surface area is 323 Å². The molecule has 0 spiro atoms. The summed E-state index contributed by atoms with van der Waals surface area (Å²) in [7, 11) is 1.95. The molecule has 0 bridgehead atoms. The van der Waals surface area contributed by atoms with Gasteiger partial charge in [-0.1, -0.05) is 17.7 Å². The number of hydrogen-bond donors (Lipinski definition) is 3. The number of piperidine rings is 2. The third kappa shape index (κ3) is 7.91. The molecule has 5 heterocycles. The van der Waals surface area contributed by atoms with Crippen LogP contribution >= 0.6 is 11.6 Å². The van der Waals surface area contributed by atoms with Crippen LogP contribution in [-0.2, 0) is 29.6 Å². The zero-order valence-electron chi connectivity index (χ0n) is 31.0. The third-order valence-corrected chi connectivity index (χ3v) is 12.6. The Morgan fingerprint density at radius 2 is 1.80 bits per heavy atom. The fourth-order valence-electron chi connectivity index (χ4n) is 8.91. The molecule has 2 saturated carbocycles. The van der Waals surface area contributed by atoms with E-state index in [0.717, 1.165) is 43.4 Å². The normalized spacial score (nSPS) is 23.5. The van der Waals surface area contributed by atoms with E-state index >= 15 is 4.39 Å². The molecule has 5 aliphatic rings. The molecule has 2 aliphatic carbocycles. The van der Waals surface area contributed by atoms with Crippen molar-refractivity contribution in [2.75, 3.05) is 31.5 Å². The largest absolute Gasteiger partial charge is 0.465 e. The minimum Gasteiger partial charge on any atom is -0.465 e. The number of nitrogens with one attached hydrogen (secondary N) is 2. The van der Waals surface area contributed by atoms with Crippen molar-refractivity contribution in [1.29, 1.82) is 0 Å². The monoisotopic (exact) mass is 775 g/mol. The number of halogens is 2. The molecule has 16 heteroatoms. The molecular weight excluding hydrogens is 729 g/mol. The molecule has 14 nitrogen and oxygen atoms in total. The van der Waals surface area contributed by atoms with Gasteiger partial charge in [-0.05, 0) is 106 Å². The van der Waals surface area contributed by atoms with Gasteiger partial charge in [0, 0.05) is 62.0 Å². The molecule has 1 unspecified atom stereocenters. The fourth-order valence-corrected chi connectivity index (χ4v) is 9.10. The number of nitrogens with zero attached hydrogens (tertiary/aromatic N) is 7. The van der Waals surface area contributed by atoms with E-state index in [9.17, 15) is 24.3 Å². The fraction of sp³-hybridized carbons (Fsp3) is 0.564. The molecule has 4 amide bonds. The van der Waals surface area contributed by atoms with Crippen LogP contribution in [0.1, 0.15) is 97.3 Å². The van der Waals surface area contributed by atoms with Crippen LogP contribution in [0, 0.1) is 11.7 Å². The maximum absolute atomic E-state index is 15.5. The van der Waals surface area contributed by atoms with Crippen molar-refractivity contribution in [3.05, 3.63) is 57.8 Å². The Morgan fingerprint density at radius 3 is 2.51 bits per heavy atom. The SMILES string of the molecule is Cn1ncc(-c2nc(N[C@H]3CC[C@H](N(CCN4CCC(c5cc6c(cc5F)C(=O)N(C5CCC(=O)NC5=O)C6)CC4)C(=O)O)CC3)ncc2Cl)c1CC1CC1. The highest BCUT2D eigenvalue weighted by atomic mass is 35.5. The Bertz CT molecular complexity index is 1990. The van der Waals surface area contributed by atoms with Crippen molar-refractivity contribution in [3.8, 4) is 11.3 Å². The Hall–Kier alpha value is -4.63. The lowest BCUT2D eigenvalue weighted by molar-refractivity contribution is -0.136. The Balaban J connectivity index is 0.820. The summed E-state index contributed by atoms with van der Waals surface area (Å²) in [6, 6.07) is 2.35. The van der Waals surface area contributed by atoms with Crippen LogP contribution < -0.4 is 10.6 Å². The van der Waals surface area contributed by atoms with Gasteiger partial charge < -0.3 is 25.1 Å². The summed E-state index contributed by atoms with van der Waals surface area (Å²) in [5.41, 5.74) is 4.27. The molecule has 2 aromatic heterocycles. The summed E-state index contributed by atoms with van der Waals surface area (Å²) in [6.07, 6.45) is 10.8. The van der Waals surface area contributed by atoms with E-state index in [0.29, 0.717) is 72.7 Å². The van der Waals surface area contributed by atoms with Crippen molar-refractivity contribution in [3.63, 3.8) is 0 Å². The second kappa shape index (κ2) is 15.5. The van der Waals surface area contributed by atoms with E-state index in [1.165, 1.54) is 23.8 Å². The summed E-state index contributed by atoms with van der Waals surface area (Å²) in [4.78, 5) is 64.1. The van der Waals surface area contributed by atoms with Gasteiger partial charge in [-0.2, -0.15) is 5.10 Å². The van der Waals surface area contributed by atoms with Crippen LogP contribution in [0.25, 0.3) is 11.3 Å². The first-order valence-electron chi connectivity index (χ1n) is 19.5. The van der Waals surface area contributed by atoms with Crippen molar-refractivity contribution >= 4 is 41.4 Å². The smallest absolute Gasteiger partial charge is 0.407 e. The summed E-state index contributed by atoms with van der Waals surface area (Å²) in [6.45, 7) is 2.61. The van der Waals surface area contributed by atoms with Gasteiger partial charge in [-0.15, -0.1) is 0 Å². The summed E-state index contributed by atoms with van der Waals surface area (Å²) < 4.78 is 17.4. The number of rotatable bonds is 11. The molecule has 8 rings (SSSR count). The summed E-state index contributed by atoms with van der Waals surface area (Å²) in [5.74, 6) is -0.497. The van der Waals surface area contributed by atoms with Gasteiger partial charge in [0.25, 0.3) is 5.91 Å². The number of fused-ring (bicyclic) bond motifs is 1. The predicted octanol–water partition coefficient (Wildman–Crippen LogP) is 4.97. The lowest BCUT2D eigenvalue weighted by atomic mass is 9.87. The van der Waals surface area contributed by atoms with Gasteiger partial charge in [-0.25, -0.2) is 19.2 Å². The lowest BCUT2D eigenvalue weighted by Crippen LogP contribution is -2.52. The standard InChI is InChI=1S/C39H47ClFN9O5/c1-47-33(16-22-2-3-22)29(19-43-47)35-30(40)20-42-38(46-35)44-25-4-6-26(7-5-25)49(39(54)55)15-14-48-12-10-23(11-13-48)27-17-24-21-50(37(53)28(24)18-31(27)41)32-8-9-34(51)45-36(32)52/h17-20,22-23,25-26,32H,2-16,21H2,1H3,(H,54,55)(H,42,44,46)(H,45,51,52)/t25-,26-,32?. The molecular formula is C39H47ClFN9O5. The first-order chi connectivity index (χ1) is 26.5. The van der Waals surface area contributed by atoms with Crippen molar-refractivity contribution in [2.24, 2.45) is 13.0 Å². The van der Waals surface area contributed by atoms with Crippen molar-refractivity contribution in [1.82, 2.24) is 39.8 Å². The number of hydrogen-bond acceptors (Lipinski definition) is 9. The van der Waals surface area contributed by atoms with E-state index < -0.39 is 23.9 Å². The van der Waals surface area contributed by atoms with E-state index in [2.05, 4.69) is 25.6 Å². The van der Waals surface area contributed by atoms with Crippen LogP contribution in [0.4, 0.5) is 15.1 Å². The number of benzene rings is 1. The van der Waals surface area contributed by atoms with Crippen LogP contribution in [0.3, 0.4) is 0 Å². The molecule has 292 valence electrons. The highest BCUT2D eigenvalue weighted by molar-refractivity contribution is 6.33. The number of imide groups is 1. The van der Waals surface area contributed by atoms with Crippen LogP contribution in [0.5, 0.6) is 0 Å². The average Bonchev–Trinajstić information content (AvgIpc) is 3.85. The Morgan fingerprint density at radius 1 is 1.04 bits per heavy atom. The highest BCUT2D eigenvalue weighted by Crippen LogP contribution is 2.38. The second-order valence-electron chi connectivity index (χ2n) is 15.8. The maximum atomic E-state index is 15.5. The van der Waals surface area contributed by atoms with Gasteiger partial charge in [-0.3, -0.25) is 24.4 Å². The third-order valence-electron chi connectivity index (χ3n) is 12.3. The number of carbonyl (C=O) groups excluding carboxylic acids is 3. The first kappa shape index (κ1) is 37.3. The van der Waals surface area contributed by atoms with Crippen LogP contribution in [-0.4, -0.2) is 108 Å². The molecule has 3 N–H and O–H groups in total. The molecule has 55 heavy (non-hydrogen) atoms. The van der Waals surface area contributed by atoms with E-state index in [1.54, 1.807) is 17.2 Å². The van der Waals surface area contributed by atoms with Crippen molar-refractivity contribution in [2.45, 2.75) is 101 Å². The number of likely N-dealkylation sites (tertiary alicyclic amines) is 1. The van der Waals surface area contributed by atoms with Crippen molar-refractivity contribution < 1.29 is 28.7 Å². The van der Waals surface area contributed by atoms with Gasteiger partial charge in [0.2, 0.25) is 17.8 Å². The highest BCUT2D eigenvalue weighted by Gasteiger charge is 2.40. The topological polar surface area (TPSA) is 166 Å². The molecule has 1 aromatic carbocycles. The number of amides is 4. The number of carboxylic acid groups (broad SMARTS) is 1. The molecule has 3 aromatic rings. The quantitative estimate of drug-likeness (QED) is 0.227. The number of aromatic nitrogens is 4. The van der Waals surface area contributed by atoms with E-state index in [1.807, 2.05) is 17.9 Å². The zero-order valence-corrected chi connectivity index (χ0v) is 31.7. The number of anilines is 1. The zero-order chi connectivity index (χ0) is 38.4. The predicted molar refractivity (Wildman–Crippen MR) is 201 cm³/mol. The molecule has 4 fully saturated rings. The minimum absolute atomic E-state index is 0.0329. The maximum Gasteiger partial charge on any atom is 0.407 e. The number of aryl methyl sites for hydroxylation is 1. The van der Waals surface area contributed by atoms with Crippen LogP contribution in [0.2, 0.25) is 5.02 Å². The average molecular weight is 776 g/mol. The van der Waals surface area contributed by atoms with E-state index in [4.69, 9.17) is 16.6 Å². The lowest BCUT2D eigenvalue weighted by Gasteiger charge is -2.38. The summed E-state index contributed by atoms with van der Waals surface area (Å²) >= 11 is 6.58. The molecule has 2 saturated heterocycles. The van der Waals surface area contributed by atoms with Gasteiger partial charge in [0.15, 0.2) is 0 Å². The minimum atomic E-state index is -0.920. The Kier molecular flexibility index (Phi) is 10.5. The van der Waals surface area contributed by atoms with E-state index in [-0.39, 0.29) is 54.8 Å². The number of carbonyl (C=O) groups is 4. The van der Waals surface area contributed by atoms with Crippen LogP contribution in [0.15, 0.2) is 24.5 Å². The molecule has 3 aliphatic heterocycles. The van der Waals surface area contributed by atoms with Gasteiger partial charge in [0.1, 0.15) is 11.9 Å². The summed E-state index contributed by atoms with van der Waals surface area (Å²) in [5, 5.41) is 20.9. The van der Waals surface area contributed by atoms with Gasteiger partial charge in [0.05, 0.1) is 23.1 Å². The first-order valence-corrected chi connectivity index (χ1v) is 19.9. The second-order valence-corrected chi connectivity index (χ2v) is 16.2. The molecule has 1 atom stereocenters. The van der Waals surface area contributed by atoms with Gasteiger partial charge >= 0.3 is 6.09 Å².